The van der Waals surface area contributed by atoms with E-state index in [0.717, 1.165) is 0 Å². The van der Waals surface area contributed by atoms with Gasteiger partial charge in [-0.2, -0.15) is 0 Å². The van der Waals surface area contributed by atoms with Crippen LogP contribution >= 0.6 is 23.2 Å². The Labute approximate surface area is 90.3 Å². The molecule has 0 bridgehead atoms. The molecular weight excluding hydrogens is 229 g/mol. The second-order valence-corrected chi connectivity index (χ2v) is 3.90. The third-order valence-electron chi connectivity index (χ3n) is 2.13. The number of allylic oxidation sites excluding steroid dienone is 2. The molecule has 0 aromatic rings. The summed E-state index contributed by atoms with van der Waals surface area (Å²) in [5.41, 5.74) is 0.297. The van der Waals surface area contributed by atoms with Crippen LogP contribution in [0.2, 0.25) is 0 Å². The van der Waals surface area contributed by atoms with Crippen LogP contribution in [-0.4, -0.2) is 15.2 Å². The van der Waals surface area contributed by atoms with E-state index in [9.17, 15) is 14.9 Å². The highest BCUT2D eigenvalue weighted by Crippen LogP contribution is 2.38. The Bertz CT molecular complexity index is 350. The minimum absolute atomic E-state index is 0.297. The van der Waals surface area contributed by atoms with E-state index < -0.39 is 21.1 Å². The summed E-state index contributed by atoms with van der Waals surface area (Å²) in [6.45, 7) is 1.49. The van der Waals surface area contributed by atoms with E-state index in [4.69, 9.17) is 23.2 Å². The molecule has 0 N–H and O–H groups in total. The predicted octanol–water partition coefficient (Wildman–Crippen LogP) is 2.10. The minimum Gasteiger partial charge on any atom is -0.280 e. The molecule has 14 heavy (non-hydrogen) atoms. The fourth-order valence-electron chi connectivity index (χ4n) is 1.28. The number of alkyl halides is 1. The van der Waals surface area contributed by atoms with Gasteiger partial charge in [0, 0.05) is 10.5 Å². The lowest BCUT2D eigenvalue weighted by molar-refractivity contribution is -0.535. The highest BCUT2D eigenvalue weighted by atomic mass is 35.5. The van der Waals surface area contributed by atoms with Crippen LogP contribution in [0.1, 0.15) is 6.92 Å². The highest BCUT2D eigenvalue weighted by molar-refractivity contribution is 6.64. The van der Waals surface area contributed by atoms with E-state index in [-0.39, 0.29) is 0 Å². The van der Waals surface area contributed by atoms with Crippen molar-refractivity contribution in [2.75, 3.05) is 0 Å². The number of nitro groups is 1. The molecule has 1 rings (SSSR count). The summed E-state index contributed by atoms with van der Waals surface area (Å²) < 4.78 is 0. The molecule has 4 nitrogen and oxygen atoms in total. The largest absolute Gasteiger partial charge is 0.330 e. The molecule has 0 aromatic carbocycles. The maximum Gasteiger partial charge on any atom is 0.330 e. The summed E-state index contributed by atoms with van der Waals surface area (Å²) in [6.07, 6.45) is 4.36. The van der Waals surface area contributed by atoms with Crippen molar-refractivity contribution in [2.45, 2.75) is 11.9 Å². The molecule has 0 aliphatic heterocycles. The zero-order valence-electron chi connectivity index (χ0n) is 7.24. The average Bonchev–Trinajstić information content (AvgIpc) is 2.08. The average molecular weight is 236 g/mol. The number of hydrogen-bond donors (Lipinski definition) is 0. The Morgan fingerprint density at radius 2 is 2.29 bits per heavy atom. The van der Waals surface area contributed by atoms with Crippen LogP contribution in [0.3, 0.4) is 0 Å². The zero-order chi connectivity index (χ0) is 10.9. The number of carbonyl (C=O) groups excluding carboxylic acids is 1. The van der Waals surface area contributed by atoms with Crippen molar-refractivity contribution >= 4 is 28.4 Å². The van der Waals surface area contributed by atoms with Crippen molar-refractivity contribution in [2.24, 2.45) is 5.92 Å². The standard InChI is InChI=1S/C8H7Cl2NO3/c1-5-3-2-4-6(7(9)12)8(5,10)11(13)14/h2-4,6H,1H3. The number of nitrogens with zero attached hydrogens (tertiary/aromatic N) is 1. The molecule has 0 spiro atoms. The van der Waals surface area contributed by atoms with Gasteiger partial charge < -0.3 is 0 Å². The zero-order valence-corrected chi connectivity index (χ0v) is 8.75. The Kier molecular flexibility index (Phi) is 2.97. The molecule has 2 unspecified atom stereocenters. The number of hydrogen-bond acceptors (Lipinski definition) is 3. The topological polar surface area (TPSA) is 60.2 Å². The van der Waals surface area contributed by atoms with E-state index in [2.05, 4.69) is 0 Å². The molecule has 2 atom stereocenters. The van der Waals surface area contributed by atoms with E-state index in [1.54, 1.807) is 0 Å². The van der Waals surface area contributed by atoms with Crippen LogP contribution in [0.4, 0.5) is 0 Å². The summed E-state index contributed by atoms with van der Waals surface area (Å²) in [5, 5.41) is 9.96. The quantitative estimate of drug-likeness (QED) is 0.242. The van der Waals surface area contributed by atoms with Crippen molar-refractivity contribution in [3.63, 3.8) is 0 Å². The monoisotopic (exact) mass is 235 g/mol. The van der Waals surface area contributed by atoms with Gasteiger partial charge in [-0.1, -0.05) is 18.2 Å². The van der Waals surface area contributed by atoms with Gasteiger partial charge in [0.05, 0.1) is 0 Å². The van der Waals surface area contributed by atoms with Crippen molar-refractivity contribution in [1.82, 2.24) is 0 Å². The smallest absolute Gasteiger partial charge is 0.280 e. The lowest BCUT2D eigenvalue weighted by atomic mass is 9.90. The lowest BCUT2D eigenvalue weighted by Crippen LogP contribution is -2.44. The Balaban J connectivity index is 3.22. The first-order chi connectivity index (χ1) is 6.40. The number of halogens is 2. The summed E-state index contributed by atoms with van der Waals surface area (Å²) in [7, 11) is 0. The first kappa shape index (κ1) is 11.2. The SMILES string of the molecule is CC1=CC=CC(C(=O)Cl)C1(Cl)[N+](=O)[O-]. The van der Waals surface area contributed by atoms with Crippen LogP contribution in [0.5, 0.6) is 0 Å². The van der Waals surface area contributed by atoms with E-state index in [1.807, 2.05) is 0 Å². The lowest BCUT2D eigenvalue weighted by Gasteiger charge is -2.25. The molecule has 0 amide bonds. The van der Waals surface area contributed by atoms with Gasteiger partial charge in [0.2, 0.25) is 5.24 Å². The van der Waals surface area contributed by atoms with E-state index in [0.29, 0.717) is 5.57 Å². The van der Waals surface area contributed by atoms with Gasteiger partial charge in [0.15, 0.2) is 0 Å². The van der Waals surface area contributed by atoms with Gasteiger partial charge in [0.1, 0.15) is 5.92 Å². The number of carbonyl (C=O) groups is 1. The Hall–Kier alpha value is -0.870. The molecule has 76 valence electrons. The molecular formula is C8H7Cl2NO3. The molecule has 0 fully saturated rings. The maximum absolute atomic E-state index is 11.0. The molecule has 0 saturated carbocycles. The van der Waals surface area contributed by atoms with E-state index >= 15 is 0 Å². The molecule has 0 aromatic heterocycles. The first-order valence-electron chi connectivity index (χ1n) is 3.79. The predicted molar refractivity (Wildman–Crippen MR) is 52.8 cm³/mol. The fourth-order valence-corrected chi connectivity index (χ4v) is 1.81. The summed E-state index contributed by atoms with van der Waals surface area (Å²) in [6, 6.07) is 0. The molecule has 0 saturated heterocycles. The summed E-state index contributed by atoms with van der Waals surface area (Å²) in [4.78, 5) is 19.1. The van der Waals surface area contributed by atoms with Crippen molar-refractivity contribution in [1.29, 1.82) is 0 Å². The van der Waals surface area contributed by atoms with Gasteiger partial charge in [-0.05, 0) is 30.1 Å². The van der Waals surface area contributed by atoms with Gasteiger partial charge in [-0.3, -0.25) is 14.9 Å². The van der Waals surface area contributed by atoms with Crippen LogP contribution in [0.25, 0.3) is 0 Å². The highest BCUT2D eigenvalue weighted by Gasteiger charge is 2.53. The van der Waals surface area contributed by atoms with Crippen molar-refractivity contribution in [3.05, 3.63) is 33.9 Å². The normalized spacial score (nSPS) is 31.1. The Morgan fingerprint density at radius 1 is 1.71 bits per heavy atom. The fraction of sp³-hybridized carbons (Fsp3) is 0.375. The van der Waals surface area contributed by atoms with Crippen LogP contribution < -0.4 is 0 Å². The molecule has 6 heteroatoms. The second-order valence-electron chi connectivity index (χ2n) is 2.95. The minimum atomic E-state index is -1.94. The third kappa shape index (κ3) is 1.55. The molecule has 1 aliphatic rings. The first-order valence-corrected chi connectivity index (χ1v) is 4.54. The van der Waals surface area contributed by atoms with E-state index in [1.165, 1.54) is 25.2 Å². The molecule has 0 radical (unpaired) electrons. The second kappa shape index (κ2) is 3.71. The van der Waals surface area contributed by atoms with Gasteiger partial charge in [-0.15, -0.1) is 0 Å². The van der Waals surface area contributed by atoms with Crippen molar-refractivity contribution < 1.29 is 9.72 Å². The summed E-state index contributed by atoms with van der Waals surface area (Å²) in [5.74, 6) is -1.12. The van der Waals surface area contributed by atoms with Gasteiger partial charge in [-0.25, -0.2) is 0 Å². The van der Waals surface area contributed by atoms with Crippen LogP contribution in [0.15, 0.2) is 23.8 Å². The number of rotatable bonds is 2. The molecule has 1 aliphatic carbocycles. The van der Waals surface area contributed by atoms with Crippen LogP contribution in [0, 0.1) is 16.0 Å². The van der Waals surface area contributed by atoms with Crippen LogP contribution in [-0.2, 0) is 4.79 Å². The van der Waals surface area contributed by atoms with Gasteiger partial charge >= 0.3 is 5.00 Å². The molecule has 0 heterocycles. The van der Waals surface area contributed by atoms with Gasteiger partial charge in [0.25, 0.3) is 0 Å². The third-order valence-corrected chi connectivity index (χ3v) is 3.03. The summed E-state index contributed by atoms with van der Waals surface area (Å²) >= 11 is 11.0. The maximum atomic E-state index is 11.0. The van der Waals surface area contributed by atoms with Crippen molar-refractivity contribution in [3.8, 4) is 0 Å². The Morgan fingerprint density at radius 3 is 2.64 bits per heavy atom.